The van der Waals surface area contributed by atoms with Gasteiger partial charge in [-0.05, 0) is 17.0 Å². The van der Waals surface area contributed by atoms with Gasteiger partial charge >= 0.3 is 5.97 Å². The molecule has 1 aliphatic rings. The zero-order valence-electron chi connectivity index (χ0n) is 13.3. The van der Waals surface area contributed by atoms with Crippen molar-refractivity contribution in [1.82, 2.24) is 4.98 Å². The van der Waals surface area contributed by atoms with Crippen molar-refractivity contribution in [2.45, 2.75) is 19.4 Å². The van der Waals surface area contributed by atoms with Gasteiger partial charge in [-0.25, -0.2) is 4.98 Å². The highest BCUT2D eigenvalue weighted by Gasteiger charge is 2.25. The largest absolute Gasteiger partial charge is 0.481 e. The lowest BCUT2D eigenvalue weighted by atomic mass is 10.1. The van der Waals surface area contributed by atoms with E-state index in [0.29, 0.717) is 13.1 Å². The van der Waals surface area contributed by atoms with Gasteiger partial charge in [0, 0.05) is 28.3 Å². The van der Waals surface area contributed by atoms with Gasteiger partial charge in [0.15, 0.2) is 5.13 Å². The molecule has 0 saturated heterocycles. The van der Waals surface area contributed by atoms with Gasteiger partial charge in [-0.2, -0.15) is 0 Å². The molecule has 0 atom stereocenters. The topological polar surface area (TPSA) is 53.4 Å². The van der Waals surface area contributed by atoms with Gasteiger partial charge in [0.1, 0.15) is 0 Å². The lowest BCUT2D eigenvalue weighted by Gasteiger charge is -2.20. The number of thiazole rings is 1. The summed E-state index contributed by atoms with van der Waals surface area (Å²) in [7, 11) is 0. The summed E-state index contributed by atoms with van der Waals surface area (Å²) in [5, 5.41) is 12.0. The first-order valence-corrected chi connectivity index (χ1v) is 9.47. The Morgan fingerprint density at radius 2 is 2.08 bits per heavy atom. The summed E-state index contributed by atoms with van der Waals surface area (Å²) in [4.78, 5) is 20.4. The van der Waals surface area contributed by atoms with Crippen LogP contribution in [0.25, 0.3) is 11.3 Å². The minimum absolute atomic E-state index is 0. The summed E-state index contributed by atoms with van der Waals surface area (Å²) in [6.45, 7) is 1.18. The number of aliphatic carboxylic acids is 1. The highest BCUT2D eigenvalue weighted by molar-refractivity contribution is 7.16. The molecule has 4 rings (SSSR count). The third-order valence-electron chi connectivity index (χ3n) is 4.10. The third-order valence-corrected chi connectivity index (χ3v) is 6.08. The molecule has 0 amide bonds. The van der Waals surface area contributed by atoms with E-state index in [2.05, 4.69) is 29.2 Å². The zero-order chi connectivity index (χ0) is 16.5. The summed E-state index contributed by atoms with van der Waals surface area (Å²) in [5.41, 5.74) is 3.61. The van der Waals surface area contributed by atoms with Crippen LogP contribution in [0.3, 0.4) is 0 Å². The normalized spacial score (nSPS) is 11.5. The lowest BCUT2D eigenvalue weighted by Crippen LogP contribution is -2.25. The quantitative estimate of drug-likeness (QED) is 0.517. The van der Waals surface area contributed by atoms with Crippen LogP contribution in [0, 0.1) is 0 Å². The first kappa shape index (κ1) is 17.9. The van der Waals surface area contributed by atoms with E-state index >= 15 is 0 Å². The molecular weight excluding hydrogens is 376 g/mol. The molecule has 25 heavy (non-hydrogen) atoms. The number of hydrogen-bond donors (Lipinski definition) is 1. The van der Waals surface area contributed by atoms with Gasteiger partial charge in [0.25, 0.3) is 0 Å². The standard InChI is InChI=1S/C18H16N2O2S2.ClH/c21-16(22)7-8-20(11-13-5-3-9-23-13)18-19-17-14-6-2-1-4-12(14)10-15(17)24-18;/h1-6,9H,7-8,10-11H2,(H,21,22);1H. The molecule has 1 N–H and O–H groups in total. The highest BCUT2D eigenvalue weighted by Crippen LogP contribution is 2.42. The number of rotatable bonds is 6. The second kappa shape index (κ2) is 7.56. The number of anilines is 1. The van der Waals surface area contributed by atoms with Crippen LogP contribution in [0.5, 0.6) is 0 Å². The molecule has 0 saturated carbocycles. The van der Waals surface area contributed by atoms with Gasteiger partial charge in [-0.3, -0.25) is 4.79 Å². The fourth-order valence-electron chi connectivity index (χ4n) is 2.95. The molecule has 2 aromatic heterocycles. The summed E-state index contributed by atoms with van der Waals surface area (Å²) in [5.74, 6) is -0.777. The zero-order valence-corrected chi connectivity index (χ0v) is 15.8. The molecule has 3 aromatic rings. The number of carboxylic acid groups (broad SMARTS) is 1. The molecule has 1 aliphatic carbocycles. The van der Waals surface area contributed by atoms with E-state index in [9.17, 15) is 4.79 Å². The number of carboxylic acids is 1. The van der Waals surface area contributed by atoms with Crippen molar-refractivity contribution in [2.24, 2.45) is 0 Å². The number of halogens is 1. The molecule has 0 radical (unpaired) electrons. The van der Waals surface area contributed by atoms with Gasteiger partial charge in [-0.15, -0.1) is 35.1 Å². The number of thiophene rings is 1. The molecule has 4 nitrogen and oxygen atoms in total. The van der Waals surface area contributed by atoms with Gasteiger partial charge in [0.2, 0.25) is 0 Å². The van der Waals surface area contributed by atoms with Gasteiger partial charge in [-0.1, -0.05) is 30.3 Å². The van der Waals surface area contributed by atoms with E-state index in [1.807, 2.05) is 17.5 Å². The fourth-order valence-corrected chi connectivity index (χ4v) is 4.79. The van der Waals surface area contributed by atoms with Crippen molar-refractivity contribution in [3.05, 3.63) is 57.1 Å². The van der Waals surface area contributed by atoms with E-state index in [4.69, 9.17) is 10.1 Å². The smallest absolute Gasteiger partial charge is 0.305 e. The molecule has 2 heterocycles. The summed E-state index contributed by atoms with van der Waals surface area (Å²) < 4.78 is 0. The molecule has 7 heteroatoms. The summed E-state index contributed by atoms with van der Waals surface area (Å²) >= 11 is 3.37. The number of carbonyl (C=O) groups is 1. The predicted molar refractivity (Wildman–Crippen MR) is 105 cm³/mol. The highest BCUT2D eigenvalue weighted by atomic mass is 35.5. The Morgan fingerprint density at radius 3 is 2.84 bits per heavy atom. The Kier molecular flexibility index (Phi) is 5.42. The maximum atomic E-state index is 11.0. The van der Waals surface area contributed by atoms with Crippen LogP contribution in [-0.2, 0) is 17.8 Å². The first-order chi connectivity index (χ1) is 11.7. The van der Waals surface area contributed by atoms with E-state index in [-0.39, 0.29) is 18.8 Å². The monoisotopic (exact) mass is 392 g/mol. The Balaban J connectivity index is 0.00000182. The van der Waals surface area contributed by atoms with Crippen molar-refractivity contribution in [3.8, 4) is 11.3 Å². The molecule has 130 valence electrons. The number of nitrogens with zero attached hydrogens (tertiary/aromatic N) is 2. The minimum atomic E-state index is -0.777. The summed E-state index contributed by atoms with van der Waals surface area (Å²) in [6.07, 6.45) is 1.04. The van der Waals surface area contributed by atoms with Crippen LogP contribution in [0.1, 0.15) is 21.7 Å². The Bertz CT molecular complexity index is 877. The Labute approximate surface area is 160 Å². The number of hydrogen-bond acceptors (Lipinski definition) is 5. The van der Waals surface area contributed by atoms with Crippen molar-refractivity contribution in [1.29, 1.82) is 0 Å². The molecule has 0 bridgehead atoms. The van der Waals surface area contributed by atoms with Crippen LogP contribution in [0.4, 0.5) is 5.13 Å². The Hall–Kier alpha value is -1.89. The first-order valence-electron chi connectivity index (χ1n) is 7.78. The van der Waals surface area contributed by atoms with E-state index in [1.54, 1.807) is 22.7 Å². The second-order valence-electron chi connectivity index (χ2n) is 5.75. The average molecular weight is 393 g/mol. The summed E-state index contributed by atoms with van der Waals surface area (Å²) in [6, 6.07) is 12.5. The molecule has 1 aromatic carbocycles. The Morgan fingerprint density at radius 1 is 1.24 bits per heavy atom. The fraction of sp³-hybridized carbons (Fsp3) is 0.222. The van der Waals surface area contributed by atoms with Crippen LogP contribution in [-0.4, -0.2) is 22.6 Å². The number of aromatic nitrogens is 1. The molecule has 0 fully saturated rings. The average Bonchev–Trinajstić information content (AvgIpc) is 3.26. The SMILES string of the molecule is Cl.O=C(O)CCN(Cc1cccs1)c1nc2c(s1)Cc1ccccc1-2. The van der Waals surface area contributed by atoms with E-state index in [1.165, 1.54) is 20.9 Å². The predicted octanol–water partition coefficient (Wildman–Crippen LogP) is 4.68. The van der Waals surface area contributed by atoms with Gasteiger partial charge < -0.3 is 10.0 Å². The van der Waals surface area contributed by atoms with Crippen molar-refractivity contribution < 1.29 is 9.90 Å². The van der Waals surface area contributed by atoms with Crippen LogP contribution < -0.4 is 4.90 Å². The minimum Gasteiger partial charge on any atom is -0.481 e. The lowest BCUT2D eigenvalue weighted by molar-refractivity contribution is -0.136. The third kappa shape index (κ3) is 3.71. The van der Waals surface area contributed by atoms with E-state index in [0.717, 1.165) is 17.2 Å². The van der Waals surface area contributed by atoms with Crippen LogP contribution in [0.15, 0.2) is 41.8 Å². The number of fused-ring (bicyclic) bond motifs is 3. The second-order valence-corrected chi connectivity index (χ2v) is 7.84. The van der Waals surface area contributed by atoms with Crippen LogP contribution >= 0.6 is 35.1 Å². The molecule has 0 spiro atoms. The van der Waals surface area contributed by atoms with Gasteiger partial charge in [0.05, 0.1) is 18.7 Å². The number of benzene rings is 1. The van der Waals surface area contributed by atoms with Crippen molar-refractivity contribution in [2.75, 3.05) is 11.4 Å². The maximum absolute atomic E-state index is 11.0. The molecule has 0 unspecified atom stereocenters. The molecular formula is C18H17ClN2O2S2. The van der Waals surface area contributed by atoms with E-state index < -0.39 is 5.97 Å². The van der Waals surface area contributed by atoms with Crippen molar-refractivity contribution >= 4 is 46.2 Å². The molecule has 0 aliphatic heterocycles. The van der Waals surface area contributed by atoms with Crippen molar-refractivity contribution in [3.63, 3.8) is 0 Å². The maximum Gasteiger partial charge on any atom is 0.305 e. The van der Waals surface area contributed by atoms with Crippen LogP contribution in [0.2, 0.25) is 0 Å².